The highest BCUT2D eigenvalue weighted by molar-refractivity contribution is 5.67. The predicted molar refractivity (Wildman–Crippen MR) is 186 cm³/mol. The number of para-hydroxylation sites is 3. The molecule has 3 aromatic rings. The molecule has 0 aliphatic heterocycles. The summed E-state index contributed by atoms with van der Waals surface area (Å²) in [4.78, 5) is 11.2. The van der Waals surface area contributed by atoms with Crippen molar-refractivity contribution in [3.8, 4) is 17.2 Å². The van der Waals surface area contributed by atoms with Crippen LogP contribution in [0.25, 0.3) is 0 Å². The van der Waals surface area contributed by atoms with Crippen LogP contribution in [0.2, 0.25) is 0 Å². The Morgan fingerprint density at radius 1 is 0.644 bits per heavy atom. The van der Waals surface area contributed by atoms with Crippen LogP contribution < -0.4 is 30.6 Å². The zero-order valence-corrected chi connectivity index (χ0v) is 29.4. The topological polar surface area (TPSA) is 104 Å². The van der Waals surface area contributed by atoms with Gasteiger partial charge in [-0.1, -0.05) is 54.6 Å². The van der Waals surface area contributed by atoms with Crippen LogP contribution in [-0.2, 0) is 4.74 Å². The van der Waals surface area contributed by atoms with E-state index in [2.05, 4.69) is 49.6 Å². The molecule has 0 aliphatic rings. The van der Waals surface area contributed by atoms with E-state index in [4.69, 9.17) is 24.7 Å². The third-order valence-corrected chi connectivity index (χ3v) is 6.80. The molecular formula is C37H57N3O5. The molecule has 0 fully saturated rings. The highest BCUT2D eigenvalue weighted by Crippen LogP contribution is 2.24. The Morgan fingerprint density at radius 2 is 0.978 bits per heavy atom. The molecule has 0 heterocycles. The van der Waals surface area contributed by atoms with Crippen LogP contribution in [0.5, 0.6) is 17.2 Å². The number of hydrogen-bond acceptors (Lipinski definition) is 7. The highest BCUT2D eigenvalue weighted by atomic mass is 16.5. The maximum absolute atomic E-state index is 11.2. The second-order valence-electron chi connectivity index (χ2n) is 11.5. The highest BCUT2D eigenvalue weighted by Gasteiger charge is 2.10. The molecule has 3 atom stereocenters. The first-order valence-corrected chi connectivity index (χ1v) is 15.7. The zero-order valence-electron chi connectivity index (χ0n) is 29.4. The van der Waals surface area contributed by atoms with Gasteiger partial charge in [-0.05, 0) is 110 Å². The lowest BCUT2D eigenvalue weighted by molar-refractivity contribution is 0.144. The van der Waals surface area contributed by atoms with Crippen LogP contribution in [0, 0.1) is 41.5 Å². The lowest BCUT2D eigenvalue weighted by Gasteiger charge is -2.17. The Bertz CT molecular complexity index is 1230. The smallest absolute Gasteiger partial charge is 0.407 e. The third-order valence-electron chi connectivity index (χ3n) is 6.80. The van der Waals surface area contributed by atoms with E-state index in [0.29, 0.717) is 32.5 Å². The number of likely N-dealkylation sites (N-methyl/N-ethyl adjacent to an activating group) is 1. The van der Waals surface area contributed by atoms with E-state index in [9.17, 15) is 4.79 Å². The van der Waals surface area contributed by atoms with E-state index in [-0.39, 0.29) is 12.1 Å². The minimum atomic E-state index is -0.407. The van der Waals surface area contributed by atoms with Gasteiger partial charge in [0.05, 0.1) is 12.6 Å². The summed E-state index contributed by atoms with van der Waals surface area (Å²) >= 11 is 0. The second-order valence-corrected chi connectivity index (χ2v) is 11.5. The van der Waals surface area contributed by atoms with E-state index < -0.39 is 6.09 Å². The fraction of sp³-hybridized carbons (Fsp3) is 0.486. The first-order valence-electron chi connectivity index (χ1n) is 15.7. The Kier molecular flexibility index (Phi) is 18.4. The average molecular weight is 624 g/mol. The summed E-state index contributed by atoms with van der Waals surface area (Å²) in [5.74, 6) is 2.88. The van der Waals surface area contributed by atoms with Crippen molar-refractivity contribution in [3.63, 3.8) is 0 Å². The summed E-state index contributed by atoms with van der Waals surface area (Å²) in [5.41, 5.74) is 12.5. The summed E-state index contributed by atoms with van der Waals surface area (Å²) in [6.45, 7) is 22.0. The normalized spacial score (nSPS) is 12.3. The molecule has 0 saturated heterocycles. The zero-order chi connectivity index (χ0) is 33.9. The lowest BCUT2D eigenvalue weighted by atomic mass is 10.1. The maximum Gasteiger partial charge on any atom is 0.407 e. The van der Waals surface area contributed by atoms with Crippen molar-refractivity contribution in [3.05, 3.63) is 88.0 Å². The average Bonchev–Trinajstić information content (AvgIpc) is 2.97. The fourth-order valence-corrected chi connectivity index (χ4v) is 4.21. The number of nitrogens with two attached hydrogens (primary N) is 1. The molecule has 0 saturated carbocycles. The Morgan fingerprint density at radius 3 is 1.29 bits per heavy atom. The molecule has 0 bridgehead atoms. The number of aryl methyl sites for hydroxylation is 6. The van der Waals surface area contributed by atoms with Gasteiger partial charge in [0.1, 0.15) is 37.1 Å². The minimum Gasteiger partial charge on any atom is -0.491 e. The van der Waals surface area contributed by atoms with Gasteiger partial charge in [0.15, 0.2) is 0 Å². The number of hydrogen-bond donors (Lipinski definition) is 3. The molecular weight excluding hydrogens is 566 g/mol. The molecule has 0 aromatic heterocycles. The molecule has 8 heteroatoms. The summed E-state index contributed by atoms with van der Waals surface area (Å²) in [6.07, 6.45) is -0.407. The molecule has 1 amide bonds. The van der Waals surface area contributed by atoms with Gasteiger partial charge in [0.25, 0.3) is 0 Å². The minimum absolute atomic E-state index is 0.0824. The summed E-state index contributed by atoms with van der Waals surface area (Å²) < 4.78 is 21.9. The number of carbonyl (C=O) groups excluding carboxylic acids is 1. The van der Waals surface area contributed by atoms with E-state index >= 15 is 0 Å². The van der Waals surface area contributed by atoms with Crippen molar-refractivity contribution >= 4 is 6.09 Å². The molecule has 0 aliphatic carbocycles. The van der Waals surface area contributed by atoms with Crippen LogP contribution >= 0.6 is 0 Å². The lowest BCUT2D eigenvalue weighted by Crippen LogP contribution is -2.37. The maximum atomic E-state index is 11.2. The van der Waals surface area contributed by atoms with Crippen LogP contribution in [0.3, 0.4) is 0 Å². The molecule has 45 heavy (non-hydrogen) atoms. The van der Waals surface area contributed by atoms with Gasteiger partial charge in [0.2, 0.25) is 0 Å². The first kappa shape index (κ1) is 39.3. The summed E-state index contributed by atoms with van der Waals surface area (Å²) in [5, 5.41) is 5.85. The Balaban J connectivity index is 0.000000343. The van der Waals surface area contributed by atoms with Crippen LogP contribution in [0.1, 0.15) is 61.1 Å². The van der Waals surface area contributed by atoms with Gasteiger partial charge in [-0.15, -0.1) is 0 Å². The van der Waals surface area contributed by atoms with Crippen molar-refractivity contribution in [1.29, 1.82) is 0 Å². The van der Waals surface area contributed by atoms with E-state index in [1.165, 1.54) is 22.3 Å². The number of rotatable bonds is 12. The number of alkyl carbamates (subject to hydrolysis) is 1. The van der Waals surface area contributed by atoms with Gasteiger partial charge in [-0.3, -0.25) is 0 Å². The molecule has 250 valence electrons. The monoisotopic (exact) mass is 623 g/mol. The third kappa shape index (κ3) is 15.2. The standard InChI is InChI=1S/C14H21NO3.C12H19NO.C11H17NO/c1-5-17-14(16)15-12(4)9-18-13-10(2)7-6-8-11(13)3;1-9-6-5-7-10(2)12(9)14-8-11(3)13-4;1-8-5-4-6-9(2)11(8)13-7-10(3)12/h6-8,12H,5,9H2,1-4H3,(H,15,16);5-7,11,13H,8H2,1-4H3;4-6,10H,7,12H2,1-3H3. The SMILES string of the molecule is CCOC(=O)NC(C)COc1c(C)cccc1C.CNC(C)COc1c(C)cccc1C.Cc1cccc(C)c1OCC(C)N. The van der Waals surface area contributed by atoms with E-state index in [0.717, 1.165) is 28.4 Å². The quantitative estimate of drug-likeness (QED) is 0.197. The van der Waals surface area contributed by atoms with Crippen molar-refractivity contribution < 1.29 is 23.7 Å². The van der Waals surface area contributed by atoms with Crippen molar-refractivity contribution in [2.75, 3.05) is 33.5 Å². The van der Waals surface area contributed by atoms with Gasteiger partial charge in [0, 0.05) is 12.1 Å². The van der Waals surface area contributed by atoms with Gasteiger partial charge in [-0.2, -0.15) is 0 Å². The van der Waals surface area contributed by atoms with Crippen molar-refractivity contribution in [2.24, 2.45) is 5.73 Å². The van der Waals surface area contributed by atoms with Crippen molar-refractivity contribution in [2.45, 2.75) is 87.4 Å². The van der Waals surface area contributed by atoms with E-state index in [1.807, 2.05) is 85.0 Å². The number of ether oxygens (including phenoxy) is 4. The molecule has 3 aromatic carbocycles. The molecule has 4 N–H and O–H groups in total. The Hall–Kier alpha value is -3.75. The number of carbonyl (C=O) groups is 1. The molecule has 8 nitrogen and oxygen atoms in total. The Labute approximate surface area is 272 Å². The molecule has 3 rings (SSSR count). The number of amides is 1. The molecule has 0 radical (unpaired) electrons. The number of nitrogens with one attached hydrogen (secondary N) is 2. The van der Waals surface area contributed by atoms with Gasteiger partial charge >= 0.3 is 6.09 Å². The first-order chi connectivity index (χ1) is 21.3. The summed E-state index contributed by atoms with van der Waals surface area (Å²) in [7, 11) is 1.94. The largest absolute Gasteiger partial charge is 0.491 e. The molecule has 3 unspecified atom stereocenters. The second kappa shape index (κ2) is 21.1. The number of benzene rings is 3. The van der Waals surface area contributed by atoms with E-state index in [1.54, 1.807) is 6.92 Å². The van der Waals surface area contributed by atoms with Crippen LogP contribution in [-0.4, -0.2) is 57.7 Å². The molecule has 0 spiro atoms. The fourth-order valence-electron chi connectivity index (χ4n) is 4.21. The van der Waals surface area contributed by atoms with Crippen LogP contribution in [0.4, 0.5) is 4.79 Å². The van der Waals surface area contributed by atoms with Gasteiger partial charge < -0.3 is 35.3 Å². The van der Waals surface area contributed by atoms with Gasteiger partial charge in [-0.25, -0.2) is 4.79 Å². The van der Waals surface area contributed by atoms with Crippen LogP contribution in [0.15, 0.2) is 54.6 Å². The predicted octanol–water partition coefficient (Wildman–Crippen LogP) is 7.14. The van der Waals surface area contributed by atoms with Crippen molar-refractivity contribution in [1.82, 2.24) is 10.6 Å². The summed E-state index contributed by atoms with van der Waals surface area (Å²) in [6, 6.07) is 18.7.